The van der Waals surface area contributed by atoms with Crippen molar-refractivity contribution < 1.29 is 5.11 Å². The largest absolute Gasteiger partial charge is 0.506 e. The van der Waals surface area contributed by atoms with Crippen molar-refractivity contribution >= 4 is 0 Å². The van der Waals surface area contributed by atoms with E-state index in [0.717, 1.165) is 0 Å². The summed E-state index contributed by atoms with van der Waals surface area (Å²) in [6, 6.07) is 8.17. The van der Waals surface area contributed by atoms with Crippen molar-refractivity contribution in [2.75, 3.05) is 0 Å². The molecule has 0 fully saturated rings. The zero-order valence-corrected chi connectivity index (χ0v) is 10.4. The smallest absolute Gasteiger partial charge is 0.134 e. The van der Waals surface area contributed by atoms with Crippen LogP contribution in [-0.4, -0.2) is 5.11 Å². The molecule has 0 saturated carbocycles. The predicted octanol–water partition coefficient (Wildman–Crippen LogP) is 3.62. The van der Waals surface area contributed by atoms with E-state index in [2.05, 4.69) is 31.0 Å². The molecule has 2 N–H and O–H groups in total. The maximum absolute atomic E-state index is 9.68. The van der Waals surface area contributed by atoms with Gasteiger partial charge < -0.3 is 10.4 Å². The van der Waals surface area contributed by atoms with E-state index in [1.165, 1.54) is 11.1 Å². The van der Waals surface area contributed by atoms with Crippen molar-refractivity contribution in [1.29, 1.82) is 0 Å². The summed E-state index contributed by atoms with van der Waals surface area (Å²) in [6.07, 6.45) is 5.06. The number of aliphatic hydroxyl groups is 1. The van der Waals surface area contributed by atoms with Crippen molar-refractivity contribution in [3.8, 4) is 0 Å². The molecule has 0 unspecified atom stereocenters. The Labute approximate surface area is 103 Å². The Bertz CT molecular complexity index is 444. The van der Waals surface area contributed by atoms with E-state index in [1.807, 2.05) is 12.1 Å². The van der Waals surface area contributed by atoms with Gasteiger partial charge in [0.2, 0.25) is 0 Å². The third-order valence-corrected chi connectivity index (χ3v) is 2.56. The number of benzene rings is 1. The third kappa shape index (κ3) is 3.83. The molecule has 0 aliphatic heterocycles. The summed E-state index contributed by atoms with van der Waals surface area (Å²) < 4.78 is 0. The zero-order chi connectivity index (χ0) is 12.7. The summed E-state index contributed by atoms with van der Waals surface area (Å²) in [6.45, 7) is 8.19. The number of hydrogen-bond acceptors (Lipinski definition) is 2. The molecule has 2 nitrogen and oxygen atoms in total. The Morgan fingerprint density at radius 3 is 2.71 bits per heavy atom. The summed E-state index contributed by atoms with van der Waals surface area (Å²) in [7, 11) is 0. The summed E-state index contributed by atoms with van der Waals surface area (Å²) in [5, 5.41) is 12.9. The van der Waals surface area contributed by atoms with Crippen LogP contribution in [0.3, 0.4) is 0 Å². The molecule has 1 aromatic rings. The van der Waals surface area contributed by atoms with Gasteiger partial charge in [0, 0.05) is 6.54 Å². The van der Waals surface area contributed by atoms with Crippen molar-refractivity contribution in [3.63, 3.8) is 0 Å². The van der Waals surface area contributed by atoms with Crippen molar-refractivity contribution in [2.45, 2.75) is 20.4 Å². The molecular formula is C15H19NO. The van der Waals surface area contributed by atoms with Crippen LogP contribution in [0.2, 0.25) is 0 Å². The first-order chi connectivity index (χ1) is 8.19. The van der Waals surface area contributed by atoms with Gasteiger partial charge >= 0.3 is 0 Å². The van der Waals surface area contributed by atoms with Gasteiger partial charge in [-0.3, -0.25) is 0 Å². The highest BCUT2D eigenvalue weighted by Crippen LogP contribution is 2.09. The minimum Gasteiger partial charge on any atom is -0.506 e. The standard InChI is InChI=1S/C15H19NO/c1-4-8-14(15(17)5-2)16-11-13-10-7-6-9-12(13)3/h4-10,16-17H,1,11H2,2-3H3/b14-8+,15-5+. The van der Waals surface area contributed by atoms with Gasteiger partial charge in [-0.25, -0.2) is 0 Å². The summed E-state index contributed by atoms with van der Waals surface area (Å²) >= 11 is 0. The first-order valence-electron chi connectivity index (χ1n) is 5.65. The van der Waals surface area contributed by atoms with Crippen LogP contribution in [0, 0.1) is 6.92 Å². The Kier molecular flexibility index (Phi) is 5.08. The molecule has 0 amide bonds. The second-order valence-electron chi connectivity index (χ2n) is 3.77. The summed E-state index contributed by atoms with van der Waals surface area (Å²) in [4.78, 5) is 0. The lowest BCUT2D eigenvalue weighted by atomic mass is 10.1. The first-order valence-corrected chi connectivity index (χ1v) is 5.65. The van der Waals surface area contributed by atoms with E-state index in [9.17, 15) is 5.11 Å². The molecule has 2 heteroatoms. The minimum absolute atomic E-state index is 0.235. The molecule has 0 spiro atoms. The highest BCUT2D eigenvalue weighted by Gasteiger charge is 2.02. The van der Waals surface area contributed by atoms with E-state index in [0.29, 0.717) is 12.2 Å². The lowest BCUT2D eigenvalue weighted by Gasteiger charge is -2.11. The van der Waals surface area contributed by atoms with Gasteiger partial charge in [0.05, 0.1) is 5.70 Å². The fourth-order valence-corrected chi connectivity index (χ4v) is 1.51. The van der Waals surface area contributed by atoms with Gasteiger partial charge in [0.1, 0.15) is 5.76 Å². The van der Waals surface area contributed by atoms with E-state index in [-0.39, 0.29) is 5.76 Å². The number of aryl methyl sites for hydroxylation is 1. The van der Waals surface area contributed by atoms with Crippen LogP contribution < -0.4 is 5.32 Å². The average molecular weight is 229 g/mol. The lowest BCUT2D eigenvalue weighted by molar-refractivity contribution is 0.412. The van der Waals surface area contributed by atoms with Crippen molar-refractivity contribution in [3.05, 3.63) is 71.7 Å². The third-order valence-electron chi connectivity index (χ3n) is 2.56. The van der Waals surface area contributed by atoms with Crippen LogP contribution in [0.15, 0.2) is 60.5 Å². The second kappa shape index (κ2) is 6.59. The normalized spacial score (nSPS) is 12.4. The molecule has 0 atom stereocenters. The van der Waals surface area contributed by atoms with Crippen LogP contribution in [0.25, 0.3) is 0 Å². The van der Waals surface area contributed by atoms with Crippen LogP contribution in [0.5, 0.6) is 0 Å². The highest BCUT2D eigenvalue weighted by atomic mass is 16.3. The van der Waals surface area contributed by atoms with Crippen LogP contribution in [0.4, 0.5) is 0 Å². The maximum Gasteiger partial charge on any atom is 0.134 e. The van der Waals surface area contributed by atoms with Crippen LogP contribution in [0.1, 0.15) is 18.1 Å². The van der Waals surface area contributed by atoms with Gasteiger partial charge in [-0.2, -0.15) is 0 Å². The van der Waals surface area contributed by atoms with E-state index in [4.69, 9.17) is 0 Å². The van der Waals surface area contributed by atoms with Gasteiger partial charge in [0.15, 0.2) is 0 Å². The highest BCUT2D eigenvalue weighted by molar-refractivity contribution is 5.29. The van der Waals surface area contributed by atoms with Crippen molar-refractivity contribution in [2.24, 2.45) is 0 Å². The van der Waals surface area contributed by atoms with Gasteiger partial charge in [-0.05, 0) is 37.1 Å². The molecule has 0 bridgehead atoms. The van der Waals surface area contributed by atoms with Crippen LogP contribution >= 0.6 is 0 Å². The topological polar surface area (TPSA) is 32.3 Å². The second-order valence-corrected chi connectivity index (χ2v) is 3.77. The Morgan fingerprint density at radius 2 is 2.12 bits per heavy atom. The average Bonchev–Trinajstić information content (AvgIpc) is 2.35. The molecular weight excluding hydrogens is 210 g/mol. The molecule has 0 aliphatic carbocycles. The van der Waals surface area contributed by atoms with Crippen LogP contribution in [-0.2, 0) is 6.54 Å². The number of hydrogen-bond donors (Lipinski definition) is 2. The zero-order valence-electron chi connectivity index (χ0n) is 10.4. The SMILES string of the molecule is C=C/C=C(NCc1ccccc1C)\C(O)=C/C. The Balaban J connectivity index is 2.75. The van der Waals surface area contributed by atoms with Crippen molar-refractivity contribution in [1.82, 2.24) is 5.32 Å². The van der Waals surface area contributed by atoms with Gasteiger partial charge in [0.25, 0.3) is 0 Å². The molecule has 0 aromatic heterocycles. The number of nitrogens with one attached hydrogen (secondary N) is 1. The molecule has 1 rings (SSSR count). The molecule has 0 aliphatic rings. The lowest BCUT2D eigenvalue weighted by Crippen LogP contribution is -2.15. The minimum atomic E-state index is 0.235. The Hall–Kier alpha value is -1.96. The predicted molar refractivity (Wildman–Crippen MR) is 72.7 cm³/mol. The van der Waals surface area contributed by atoms with E-state index < -0.39 is 0 Å². The monoisotopic (exact) mass is 229 g/mol. The number of allylic oxidation sites excluding steroid dienone is 3. The number of aliphatic hydroxyl groups excluding tert-OH is 1. The fourth-order valence-electron chi connectivity index (χ4n) is 1.51. The molecule has 0 saturated heterocycles. The summed E-state index contributed by atoms with van der Waals surface area (Å²) in [5.41, 5.74) is 3.13. The molecule has 17 heavy (non-hydrogen) atoms. The molecule has 90 valence electrons. The first kappa shape index (κ1) is 13.1. The van der Waals surface area contributed by atoms with E-state index in [1.54, 1.807) is 25.2 Å². The molecule has 1 aromatic carbocycles. The Morgan fingerprint density at radius 1 is 1.41 bits per heavy atom. The number of rotatable bonds is 5. The summed E-state index contributed by atoms with van der Waals surface area (Å²) in [5.74, 6) is 0.235. The quantitative estimate of drug-likeness (QED) is 0.597. The molecule has 0 heterocycles. The molecule has 0 radical (unpaired) electrons. The van der Waals surface area contributed by atoms with E-state index >= 15 is 0 Å². The van der Waals surface area contributed by atoms with Gasteiger partial charge in [-0.1, -0.05) is 36.9 Å². The fraction of sp³-hybridized carbons (Fsp3) is 0.200. The van der Waals surface area contributed by atoms with Gasteiger partial charge in [-0.15, -0.1) is 0 Å². The maximum atomic E-state index is 9.68.